The van der Waals surface area contributed by atoms with E-state index in [1.54, 1.807) is 16.8 Å². The second-order valence-electron chi connectivity index (χ2n) is 9.46. The summed E-state index contributed by atoms with van der Waals surface area (Å²) in [5.74, 6) is -0.893. The van der Waals surface area contributed by atoms with Gasteiger partial charge in [-0.15, -0.1) is 0 Å². The van der Waals surface area contributed by atoms with E-state index >= 15 is 0 Å². The molecule has 1 aromatic carbocycles. The number of fused-ring (bicyclic) bond motifs is 1. The van der Waals surface area contributed by atoms with E-state index in [4.69, 9.17) is 5.11 Å². The van der Waals surface area contributed by atoms with Crippen LogP contribution in [0.5, 0.6) is 0 Å². The molecule has 2 amide bonds. The lowest BCUT2D eigenvalue weighted by Crippen LogP contribution is -2.54. The molecule has 1 aromatic heterocycles. The van der Waals surface area contributed by atoms with Gasteiger partial charge in [-0.05, 0) is 30.2 Å². The maximum atomic E-state index is 14.7. The summed E-state index contributed by atoms with van der Waals surface area (Å²) < 4.78 is 16.3. The summed E-state index contributed by atoms with van der Waals surface area (Å²) in [4.78, 5) is 25.8. The van der Waals surface area contributed by atoms with Crippen molar-refractivity contribution in [2.75, 3.05) is 13.2 Å². The minimum absolute atomic E-state index is 0.103. The predicted octanol–water partition coefficient (Wildman–Crippen LogP) is 3.01. The van der Waals surface area contributed by atoms with Crippen molar-refractivity contribution in [2.24, 2.45) is 11.3 Å². The summed E-state index contributed by atoms with van der Waals surface area (Å²) in [5.41, 5.74) is -0.120. The highest BCUT2D eigenvalue weighted by Gasteiger charge is 2.34. The Hall–Kier alpha value is -2.48. The molecule has 2 aromatic rings. The Bertz CT molecular complexity index is 929. The first-order valence-corrected chi connectivity index (χ1v) is 11.1. The van der Waals surface area contributed by atoms with Crippen molar-refractivity contribution >= 4 is 22.7 Å². The van der Waals surface area contributed by atoms with Crippen molar-refractivity contribution in [2.45, 2.75) is 65.5 Å². The Morgan fingerprint density at radius 1 is 1.26 bits per heavy atom. The maximum absolute atomic E-state index is 14.7. The van der Waals surface area contributed by atoms with Crippen LogP contribution in [0, 0.1) is 17.2 Å². The number of hydrogen-bond donors (Lipinski definition) is 3. The second kappa shape index (κ2) is 9.77. The smallest absolute Gasteiger partial charge is 0.273 e. The third-order valence-electron chi connectivity index (χ3n) is 5.91. The van der Waals surface area contributed by atoms with E-state index in [-0.39, 0.29) is 24.8 Å². The number of carbonyl (C=O) groups is 2. The van der Waals surface area contributed by atoms with E-state index in [0.717, 1.165) is 25.7 Å². The van der Waals surface area contributed by atoms with E-state index in [1.807, 2.05) is 20.8 Å². The van der Waals surface area contributed by atoms with Gasteiger partial charge in [0.15, 0.2) is 5.69 Å². The van der Waals surface area contributed by atoms with Crippen molar-refractivity contribution in [1.29, 1.82) is 0 Å². The molecule has 3 rings (SSSR count). The fraction of sp³-hybridized carbons (Fsp3) is 0.609. The zero-order valence-corrected chi connectivity index (χ0v) is 18.6. The second-order valence-corrected chi connectivity index (χ2v) is 9.46. The van der Waals surface area contributed by atoms with E-state index in [0.29, 0.717) is 23.4 Å². The molecular formula is C23H33FN4O3. The normalized spacial score (nSPS) is 16.3. The van der Waals surface area contributed by atoms with Crippen molar-refractivity contribution < 1.29 is 19.1 Å². The van der Waals surface area contributed by atoms with Crippen molar-refractivity contribution in [1.82, 2.24) is 20.4 Å². The lowest BCUT2D eigenvalue weighted by Gasteiger charge is -2.30. The average Bonchev–Trinajstić information content (AvgIpc) is 3.09. The minimum Gasteiger partial charge on any atom is -0.395 e. The maximum Gasteiger partial charge on any atom is 0.273 e. The molecule has 8 heteroatoms. The minimum atomic E-state index is -0.835. The third kappa shape index (κ3) is 5.42. The number of amides is 2. The Morgan fingerprint density at radius 3 is 2.61 bits per heavy atom. The standard InChI is InChI=1S/C23H33FN4O3/c1-23(2,3)20(22(31)25-12-13-29)26-21(30)18-16-10-7-11-17(24)19(16)28(27-18)14-15-8-5-4-6-9-15/h7,10-11,15,20,29H,4-6,8-9,12-14H2,1-3H3,(H,25,31)(H,26,30)/t20-/m1/s1. The molecule has 1 aliphatic carbocycles. The number of benzene rings is 1. The fourth-order valence-corrected chi connectivity index (χ4v) is 4.26. The largest absolute Gasteiger partial charge is 0.395 e. The Labute approximate surface area is 182 Å². The zero-order chi connectivity index (χ0) is 22.6. The predicted molar refractivity (Wildman–Crippen MR) is 117 cm³/mol. The number of para-hydroxylation sites is 1. The Balaban J connectivity index is 1.90. The van der Waals surface area contributed by atoms with Gasteiger partial charge in [0.2, 0.25) is 5.91 Å². The molecule has 0 spiro atoms. The number of nitrogens with one attached hydrogen (secondary N) is 2. The van der Waals surface area contributed by atoms with Gasteiger partial charge in [0.05, 0.1) is 6.61 Å². The van der Waals surface area contributed by atoms with Crippen LogP contribution in [0.2, 0.25) is 0 Å². The van der Waals surface area contributed by atoms with Crippen LogP contribution in [-0.2, 0) is 11.3 Å². The summed E-state index contributed by atoms with van der Waals surface area (Å²) in [5, 5.41) is 19.3. The molecule has 7 nitrogen and oxygen atoms in total. The van der Waals surface area contributed by atoms with Gasteiger partial charge in [0.25, 0.3) is 5.91 Å². The third-order valence-corrected chi connectivity index (χ3v) is 5.91. The van der Waals surface area contributed by atoms with Gasteiger partial charge in [0, 0.05) is 18.5 Å². The summed E-state index contributed by atoms with van der Waals surface area (Å²) in [6, 6.07) is 3.80. The number of aliphatic hydroxyl groups excluding tert-OH is 1. The van der Waals surface area contributed by atoms with Crippen LogP contribution in [0.3, 0.4) is 0 Å². The first-order valence-electron chi connectivity index (χ1n) is 11.1. The van der Waals surface area contributed by atoms with Crippen LogP contribution in [-0.4, -0.2) is 45.9 Å². The van der Waals surface area contributed by atoms with Gasteiger partial charge in [-0.2, -0.15) is 5.10 Å². The van der Waals surface area contributed by atoms with Gasteiger partial charge in [-0.1, -0.05) is 52.2 Å². The highest BCUT2D eigenvalue weighted by Crippen LogP contribution is 2.29. The van der Waals surface area contributed by atoms with Crippen LogP contribution in [0.15, 0.2) is 18.2 Å². The molecule has 1 aliphatic rings. The first-order chi connectivity index (χ1) is 14.7. The molecule has 1 atom stereocenters. The van der Waals surface area contributed by atoms with Gasteiger partial charge >= 0.3 is 0 Å². The fourth-order valence-electron chi connectivity index (χ4n) is 4.26. The molecule has 31 heavy (non-hydrogen) atoms. The SMILES string of the molecule is CC(C)(C)[C@H](NC(=O)c1nn(CC2CCCCC2)c2c(F)cccc12)C(=O)NCCO. The lowest BCUT2D eigenvalue weighted by atomic mass is 9.86. The summed E-state index contributed by atoms with van der Waals surface area (Å²) in [6.07, 6.45) is 5.71. The molecular weight excluding hydrogens is 399 g/mol. The number of rotatable bonds is 7. The number of hydrogen-bond acceptors (Lipinski definition) is 4. The van der Waals surface area contributed by atoms with E-state index < -0.39 is 23.2 Å². The Morgan fingerprint density at radius 2 is 1.97 bits per heavy atom. The zero-order valence-electron chi connectivity index (χ0n) is 18.6. The van der Waals surface area contributed by atoms with Crippen LogP contribution in [0.25, 0.3) is 10.9 Å². The first kappa shape index (κ1) is 23.2. The molecule has 0 aliphatic heterocycles. The summed E-state index contributed by atoms with van der Waals surface area (Å²) >= 11 is 0. The molecule has 0 bridgehead atoms. The molecule has 1 heterocycles. The van der Waals surface area contributed by atoms with E-state index in [1.165, 1.54) is 12.5 Å². The van der Waals surface area contributed by atoms with Crippen molar-refractivity contribution in [3.63, 3.8) is 0 Å². The van der Waals surface area contributed by atoms with Crippen LogP contribution >= 0.6 is 0 Å². The molecule has 1 fully saturated rings. The molecule has 0 radical (unpaired) electrons. The van der Waals surface area contributed by atoms with E-state index in [2.05, 4.69) is 15.7 Å². The van der Waals surface area contributed by atoms with Crippen molar-refractivity contribution in [3.05, 3.63) is 29.7 Å². The highest BCUT2D eigenvalue weighted by atomic mass is 19.1. The van der Waals surface area contributed by atoms with Gasteiger partial charge in [-0.3, -0.25) is 14.3 Å². The van der Waals surface area contributed by atoms with Gasteiger partial charge in [0.1, 0.15) is 17.4 Å². The van der Waals surface area contributed by atoms with Crippen LogP contribution in [0.4, 0.5) is 4.39 Å². The number of aromatic nitrogens is 2. The molecule has 3 N–H and O–H groups in total. The quantitative estimate of drug-likeness (QED) is 0.627. The van der Waals surface area contributed by atoms with Crippen LogP contribution in [0.1, 0.15) is 63.4 Å². The Kier molecular flexibility index (Phi) is 7.30. The van der Waals surface area contributed by atoms with Gasteiger partial charge < -0.3 is 15.7 Å². The lowest BCUT2D eigenvalue weighted by molar-refractivity contribution is -0.125. The molecule has 170 valence electrons. The summed E-state index contributed by atoms with van der Waals surface area (Å²) in [7, 11) is 0. The number of nitrogens with zero attached hydrogens (tertiary/aromatic N) is 2. The van der Waals surface area contributed by atoms with Crippen molar-refractivity contribution in [3.8, 4) is 0 Å². The number of halogens is 1. The van der Waals surface area contributed by atoms with E-state index in [9.17, 15) is 14.0 Å². The molecule has 0 saturated heterocycles. The number of aliphatic hydroxyl groups is 1. The monoisotopic (exact) mass is 432 g/mol. The average molecular weight is 433 g/mol. The van der Waals surface area contributed by atoms with Gasteiger partial charge in [-0.25, -0.2) is 4.39 Å². The summed E-state index contributed by atoms with van der Waals surface area (Å²) in [6.45, 7) is 6.02. The van der Waals surface area contributed by atoms with Crippen LogP contribution < -0.4 is 10.6 Å². The number of carbonyl (C=O) groups excluding carboxylic acids is 2. The molecule has 1 saturated carbocycles. The topological polar surface area (TPSA) is 96.2 Å². The molecule has 0 unspecified atom stereocenters. The highest BCUT2D eigenvalue weighted by molar-refractivity contribution is 6.06.